The topological polar surface area (TPSA) is 229 Å². The van der Waals surface area contributed by atoms with Gasteiger partial charge in [-0.15, -0.1) is 51.0 Å². The fourth-order valence-corrected chi connectivity index (χ4v) is 4.60. The van der Waals surface area contributed by atoms with Crippen molar-refractivity contribution in [3.63, 3.8) is 0 Å². The van der Waals surface area contributed by atoms with E-state index in [0.717, 1.165) is 11.8 Å². The number of hydrogen-bond acceptors (Lipinski definition) is 19. The maximum Gasteiger partial charge on any atom is 0.212 e. The summed E-state index contributed by atoms with van der Waals surface area (Å²) in [5.41, 5.74) is 6.62. The monoisotopic (exact) mass is 772 g/mol. The molecule has 0 spiro atoms. The Labute approximate surface area is 296 Å². The van der Waals surface area contributed by atoms with E-state index in [1.807, 2.05) is 13.8 Å². The molecule has 6 aromatic heterocycles. The predicted molar refractivity (Wildman–Crippen MR) is 181 cm³/mol. The average Bonchev–Trinajstić information content (AvgIpc) is 3.86. The minimum Gasteiger partial charge on any atom is -0.411 e. The molecule has 6 aromatic rings. The summed E-state index contributed by atoms with van der Waals surface area (Å²) in [5.74, 6) is -0.139. The van der Waals surface area contributed by atoms with Gasteiger partial charge in [-0.05, 0) is 27.7 Å². The SMILES string of the molecule is CC(C)=NO.CC(C)=NOc1cc(Cl)nnc1-c1nncs1.Fc1cc(Cl)nnc1-c1nncs1.O=c1cc(Cl)[nH]nc1-c1nncs1. The molecule has 0 aliphatic carbocycles. The Kier molecular flexibility index (Phi) is 15.3. The van der Waals surface area contributed by atoms with Gasteiger partial charge >= 0.3 is 0 Å². The van der Waals surface area contributed by atoms with Gasteiger partial charge in [0.15, 0.2) is 54.0 Å². The van der Waals surface area contributed by atoms with E-state index in [0.29, 0.717) is 32.2 Å². The number of H-pyrrole nitrogens is 1. The second kappa shape index (κ2) is 19.3. The highest BCUT2D eigenvalue weighted by Gasteiger charge is 2.14. The van der Waals surface area contributed by atoms with Gasteiger partial charge in [0, 0.05) is 18.2 Å². The molecule has 17 nitrogen and oxygen atoms in total. The number of nitrogens with zero attached hydrogens (tertiary/aromatic N) is 13. The first-order valence-corrected chi connectivity index (χ1v) is 16.4. The summed E-state index contributed by atoms with van der Waals surface area (Å²) in [6.07, 6.45) is 0. The number of rotatable bonds is 5. The summed E-state index contributed by atoms with van der Waals surface area (Å²) >= 11 is 20.5. The van der Waals surface area contributed by atoms with Gasteiger partial charge in [-0.3, -0.25) is 9.89 Å². The van der Waals surface area contributed by atoms with Crippen molar-refractivity contribution in [3.8, 4) is 37.9 Å². The summed E-state index contributed by atoms with van der Waals surface area (Å²) in [5, 5.41) is 59.5. The predicted octanol–water partition coefficient (Wildman–Crippen LogP) is 6.01. The van der Waals surface area contributed by atoms with Crippen LogP contribution in [0.15, 0.2) is 49.8 Å². The molecule has 48 heavy (non-hydrogen) atoms. The molecule has 250 valence electrons. The summed E-state index contributed by atoms with van der Waals surface area (Å²) in [6.45, 7) is 7.09. The largest absolute Gasteiger partial charge is 0.411 e. The van der Waals surface area contributed by atoms with Crippen LogP contribution in [0.3, 0.4) is 0 Å². The van der Waals surface area contributed by atoms with E-state index in [-0.39, 0.29) is 32.3 Å². The first kappa shape index (κ1) is 37.9. The van der Waals surface area contributed by atoms with Crippen molar-refractivity contribution >= 4 is 80.2 Å². The van der Waals surface area contributed by atoms with E-state index in [2.05, 4.69) is 71.5 Å². The van der Waals surface area contributed by atoms with Crippen LogP contribution in [0.2, 0.25) is 15.5 Å². The van der Waals surface area contributed by atoms with Crippen LogP contribution in [0.4, 0.5) is 4.39 Å². The lowest BCUT2D eigenvalue weighted by Crippen LogP contribution is -2.07. The fourth-order valence-electron chi connectivity index (χ4n) is 2.57. The van der Waals surface area contributed by atoms with Crippen LogP contribution in [-0.2, 0) is 0 Å². The van der Waals surface area contributed by atoms with E-state index in [1.165, 1.54) is 57.2 Å². The Bertz CT molecular complexity index is 1990. The lowest BCUT2D eigenvalue weighted by molar-refractivity contribution is 0.318. The third-order valence-corrected chi connectivity index (χ3v) is 7.08. The molecule has 0 aliphatic heterocycles. The standard InChI is InChI=1S/C9H8ClN5OS.C6H2ClFN4S.C6H3ClN4OS.C3H7NO/c1-5(2)15-16-6-3-7(10)12-13-8(6)9-14-11-4-17-9;7-4-1-3(8)5(11-10-4)6-12-9-2-13-6;7-4-1-3(12)5(10-9-4)6-11-8-2-13-6;1-3(2)4-5/h3-4H,1-2H3;1-2H;1-2H,(H,9,12);5H,1-2H3. The number of nitrogens with one attached hydrogen (secondary N) is 1. The van der Waals surface area contributed by atoms with Gasteiger partial charge in [0.25, 0.3) is 0 Å². The normalized spacial score (nSPS) is 9.83. The fraction of sp³-hybridized carbons (Fsp3) is 0.167. The van der Waals surface area contributed by atoms with Gasteiger partial charge in [0.05, 0.1) is 11.4 Å². The van der Waals surface area contributed by atoms with Gasteiger partial charge in [-0.25, -0.2) is 4.39 Å². The first-order chi connectivity index (χ1) is 23.0. The Hall–Kier alpha value is -4.54. The molecule has 0 aromatic carbocycles. The highest BCUT2D eigenvalue weighted by Crippen LogP contribution is 2.30. The summed E-state index contributed by atoms with van der Waals surface area (Å²) in [6, 6.07) is 3.88. The van der Waals surface area contributed by atoms with Crippen molar-refractivity contribution in [2.24, 2.45) is 10.3 Å². The molecule has 0 amide bonds. The average molecular weight is 774 g/mol. The van der Waals surface area contributed by atoms with Crippen LogP contribution in [0, 0.1) is 5.82 Å². The molecule has 0 saturated carbocycles. The summed E-state index contributed by atoms with van der Waals surface area (Å²) in [7, 11) is 0. The van der Waals surface area contributed by atoms with Crippen LogP contribution >= 0.6 is 68.8 Å². The highest BCUT2D eigenvalue weighted by atomic mass is 35.5. The first-order valence-electron chi connectivity index (χ1n) is 12.6. The molecular weight excluding hydrogens is 754 g/mol. The zero-order valence-electron chi connectivity index (χ0n) is 24.8. The van der Waals surface area contributed by atoms with Gasteiger partial charge in [-0.2, -0.15) is 5.10 Å². The Morgan fingerprint density at radius 1 is 0.750 bits per heavy atom. The van der Waals surface area contributed by atoms with E-state index in [9.17, 15) is 9.18 Å². The van der Waals surface area contributed by atoms with Crippen LogP contribution in [0.1, 0.15) is 27.7 Å². The molecular formula is C24H20Cl3FN14O3S3. The van der Waals surface area contributed by atoms with E-state index in [1.54, 1.807) is 19.4 Å². The zero-order chi connectivity index (χ0) is 35.1. The number of hydrogen-bond donors (Lipinski definition) is 2. The van der Waals surface area contributed by atoms with Crippen molar-refractivity contribution in [1.82, 2.24) is 61.2 Å². The molecule has 0 aliphatic rings. The number of aromatic nitrogens is 12. The maximum atomic E-state index is 13.2. The van der Waals surface area contributed by atoms with Crippen LogP contribution in [0.5, 0.6) is 5.75 Å². The molecule has 0 fully saturated rings. The van der Waals surface area contributed by atoms with Crippen molar-refractivity contribution in [2.75, 3.05) is 0 Å². The van der Waals surface area contributed by atoms with Crippen LogP contribution < -0.4 is 10.3 Å². The van der Waals surface area contributed by atoms with Gasteiger partial charge in [0.1, 0.15) is 21.7 Å². The van der Waals surface area contributed by atoms with E-state index >= 15 is 0 Å². The summed E-state index contributed by atoms with van der Waals surface area (Å²) in [4.78, 5) is 16.6. The molecule has 24 heteroatoms. The van der Waals surface area contributed by atoms with Crippen molar-refractivity contribution < 1.29 is 14.4 Å². The molecule has 6 heterocycles. The minimum atomic E-state index is -0.545. The minimum absolute atomic E-state index is 0.0192. The van der Waals surface area contributed by atoms with E-state index in [4.69, 9.17) is 44.8 Å². The molecule has 2 N–H and O–H groups in total. The van der Waals surface area contributed by atoms with Gasteiger partial charge < -0.3 is 10.0 Å². The molecule has 0 radical (unpaired) electrons. The quantitative estimate of drug-likeness (QED) is 0.116. The zero-order valence-corrected chi connectivity index (χ0v) is 29.5. The lowest BCUT2D eigenvalue weighted by Gasteiger charge is -2.03. The Morgan fingerprint density at radius 2 is 1.25 bits per heavy atom. The Morgan fingerprint density at radius 3 is 1.71 bits per heavy atom. The van der Waals surface area contributed by atoms with Gasteiger partial charge in [-0.1, -0.05) is 79.1 Å². The van der Waals surface area contributed by atoms with Crippen LogP contribution in [-0.4, -0.2) is 77.8 Å². The van der Waals surface area contributed by atoms with Gasteiger partial charge in [0.2, 0.25) is 5.43 Å². The Balaban J connectivity index is 0.000000184. The second-order valence-electron chi connectivity index (χ2n) is 8.58. The smallest absolute Gasteiger partial charge is 0.212 e. The third-order valence-electron chi connectivity index (χ3n) is 4.43. The van der Waals surface area contributed by atoms with Crippen molar-refractivity contribution in [2.45, 2.75) is 27.7 Å². The van der Waals surface area contributed by atoms with Crippen LogP contribution in [0.25, 0.3) is 32.1 Å². The lowest BCUT2D eigenvalue weighted by atomic mass is 10.4. The second-order valence-corrected chi connectivity index (χ2v) is 12.3. The third kappa shape index (κ3) is 12.2. The maximum absolute atomic E-state index is 13.2. The van der Waals surface area contributed by atoms with Crippen molar-refractivity contribution in [3.05, 3.63) is 66.2 Å². The molecule has 0 saturated heterocycles. The molecule has 0 bridgehead atoms. The van der Waals surface area contributed by atoms with Crippen molar-refractivity contribution in [1.29, 1.82) is 0 Å². The van der Waals surface area contributed by atoms with E-state index < -0.39 is 5.82 Å². The summed E-state index contributed by atoms with van der Waals surface area (Å²) < 4.78 is 13.2. The number of oxime groups is 2. The number of aromatic amines is 1. The number of halogens is 4. The highest BCUT2D eigenvalue weighted by molar-refractivity contribution is 7.13. The molecule has 6 rings (SSSR count). The molecule has 0 unspecified atom stereocenters. The molecule has 0 atom stereocenters.